The zero-order valence-corrected chi connectivity index (χ0v) is 15.2. The molecule has 9 heteroatoms. The molecule has 0 saturated carbocycles. The Bertz CT molecular complexity index is 1050. The molecule has 0 aliphatic carbocycles. The largest absolute Gasteiger partial charge is 0.379 e. The molecule has 142 valence electrons. The first-order chi connectivity index (χ1) is 13.7. The number of aromatic amines is 1. The first-order valence-corrected chi connectivity index (χ1v) is 9.12. The lowest BCUT2D eigenvalue weighted by Gasteiger charge is -2.34. The second kappa shape index (κ2) is 7.52. The normalized spacial score (nSPS) is 16.7. The van der Waals surface area contributed by atoms with Crippen LogP contribution in [0.1, 0.15) is 19.3 Å². The summed E-state index contributed by atoms with van der Waals surface area (Å²) in [5.41, 5.74) is 8.92. The summed E-state index contributed by atoms with van der Waals surface area (Å²) in [6.45, 7) is 1.24. The molecule has 0 radical (unpaired) electrons. The number of carbonyl (C=O) groups excluding carboxylic acids is 1. The van der Waals surface area contributed by atoms with Crippen molar-refractivity contribution in [2.24, 2.45) is 0 Å². The van der Waals surface area contributed by atoms with Gasteiger partial charge < -0.3 is 20.9 Å². The molecule has 1 unspecified atom stereocenters. The number of rotatable bonds is 4. The molecule has 1 fully saturated rings. The van der Waals surface area contributed by atoms with Crippen molar-refractivity contribution in [2.75, 3.05) is 24.1 Å². The minimum absolute atomic E-state index is 0.0647. The monoisotopic (exact) mass is 376 g/mol. The Labute approximate surface area is 161 Å². The molecule has 4 heterocycles. The van der Waals surface area contributed by atoms with E-state index in [1.807, 2.05) is 18.3 Å². The number of nitrogens with one attached hydrogen (secondary N) is 2. The standard InChI is InChI=1S/C19H20N8O/c20-6-3-16(28)27-9-1-2-12(11-27)25-17-13-4-7-22-18(13)24-10-14(17)15-5-8-23-19(21)26-15/h4-5,7-8,10,12H,1-3,9,11H2,(H2,21,23,26)(H2,22,24,25). The molecule has 4 rings (SSSR count). The summed E-state index contributed by atoms with van der Waals surface area (Å²) in [5.74, 6) is 0.0721. The average Bonchev–Trinajstić information content (AvgIpc) is 3.18. The Balaban J connectivity index is 1.68. The first-order valence-electron chi connectivity index (χ1n) is 9.12. The molecule has 1 aliphatic rings. The number of H-pyrrole nitrogens is 1. The molecule has 28 heavy (non-hydrogen) atoms. The number of nitrogen functional groups attached to an aromatic ring is 1. The number of anilines is 2. The van der Waals surface area contributed by atoms with Gasteiger partial charge in [-0.15, -0.1) is 0 Å². The van der Waals surface area contributed by atoms with Gasteiger partial charge in [0.1, 0.15) is 12.1 Å². The Morgan fingerprint density at radius 3 is 3.14 bits per heavy atom. The topological polar surface area (TPSA) is 137 Å². The van der Waals surface area contributed by atoms with Gasteiger partial charge >= 0.3 is 0 Å². The van der Waals surface area contributed by atoms with Crippen LogP contribution in [-0.2, 0) is 4.79 Å². The number of likely N-dealkylation sites (tertiary alicyclic amines) is 1. The van der Waals surface area contributed by atoms with Crippen LogP contribution in [0.25, 0.3) is 22.3 Å². The van der Waals surface area contributed by atoms with Crippen LogP contribution in [0.5, 0.6) is 0 Å². The summed E-state index contributed by atoms with van der Waals surface area (Å²) in [6.07, 6.45) is 6.93. The summed E-state index contributed by atoms with van der Waals surface area (Å²) < 4.78 is 0. The second-order valence-corrected chi connectivity index (χ2v) is 6.75. The fraction of sp³-hybridized carbons (Fsp3) is 0.316. The molecule has 4 N–H and O–H groups in total. The van der Waals surface area contributed by atoms with Gasteiger partial charge in [-0.25, -0.2) is 15.0 Å². The third-order valence-electron chi connectivity index (χ3n) is 4.89. The van der Waals surface area contributed by atoms with Crippen LogP contribution in [0.15, 0.2) is 30.7 Å². The first kappa shape index (κ1) is 17.7. The van der Waals surface area contributed by atoms with E-state index < -0.39 is 0 Å². The minimum Gasteiger partial charge on any atom is -0.379 e. The van der Waals surface area contributed by atoms with Crippen LogP contribution >= 0.6 is 0 Å². The van der Waals surface area contributed by atoms with Gasteiger partial charge in [0.15, 0.2) is 0 Å². The zero-order valence-electron chi connectivity index (χ0n) is 15.2. The van der Waals surface area contributed by atoms with E-state index in [4.69, 9.17) is 11.0 Å². The molecule has 3 aromatic heterocycles. The number of piperidine rings is 1. The van der Waals surface area contributed by atoms with Gasteiger partial charge in [0, 0.05) is 48.7 Å². The highest BCUT2D eigenvalue weighted by Crippen LogP contribution is 2.33. The highest BCUT2D eigenvalue weighted by Gasteiger charge is 2.25. The number of hydrogen-bond acceptors (Lipinski definition) is 7. The van der Waals surface area contributed by atoms with Crippen LogP contribution in [0.4, 0.5) is 11.6 Å². The Hall–Kier alpha value is -3.67. The summed E-state index contributed by atoms with van der Waals surface area (Å²) in [5, 5.41) is 13.3. The van der Waals surface area contributed by atoms with E-state index in [-0.39, 0.29) is 24.3 Å². The number of nitrogens with two attached hydrogens (primary N) is 1. The molecule has 1 amide bonds. The van der Waals surface area contributed by atoms with E-state index in [9.17, 15) is 4.79 Å². The summed E-state index contributed by atoms with van der Waals surface area (Å²) in [7, 11) is 0. The Morgan fingerprint density at radius 2 is 2.32 bits per heavy atom. The van der Waals surface area contributed by atoms with Gasteiger partial charge in [-0.1, -0.05) is 0 Å². The van der Waals surface area contributed by atoms with Crippen LogP contribution in [0, 0.1) is 11.3 Å². The maximum Gasteiger partial charge on any atom is 0.236 e. The van der Waals surface area contributed by atoms with E-state index in [1.165, 1.54) is 0 Å². The van der Waals surface area contributed by atoms with Crippen molar-refractivity contribution in [3.8, 4) is 17.3 Å². The molecule has 1 aliphatic heterocycles. The minimum atomic E-state index is -0.126. The lowest BCUT2D eigenvalue weighted by molar-refractivity contribution is -0.131. The number of aromatic nitrogens is 4. The number of carbonyl (C=O) groups is 1. The molecular weight excluding hydrogens is 356 g/mol. The highest BCUT2D eigenvalue weighted by molar-refractivity contribution is 5.97. The molecule has 0 spiro atoms. The summed E-state index contributed by atoms with van der Waals surface area (Å²) in [6, 6.07) is 5.75. The Morgan fingerprint density at radius 1 is 1.43 bits per heavy atom. The summed E-state index contributed by atoms with van der Waals surface area (Å²) >= 11 is 0. The van der Waals surface area contributed by atoms with E-state index in [1.54, 1.807) is 23.4 Å². The van der Waals surface area contributed by atoms with E-state index in [2.05, 4.69) is 25.3 Å². The maximum absolute atomic E-state index is 12.1. The van der Waals surface area contributed by atoms with Crippen molar-refractivity contribution < 1.29 is 4.79 Å². The number of hydrogen-bond donors (Lipinski definition) is 3. The van der Waals surface area contributed by atoms with Gasteiger partial charge in [-0.2, -0.15) is 5.26 Å². The number of pyridine rings is 1. The number of nitrogens with zero attached hydrogens (tertiary/aromatic N) is 5. The van der Waals surface area contributed by atoms with Crippen molar-refractivity contribution in [1.82, 2.24) is 24.8 Å². The summed E-state index contributed by atoms with van der Waals surface area (Å²) in [4.78, 5) is 29.8. The lowest BCUT2D eigenvalue weighted by Crippen LogP contribution is -2.45. The third kappa shape index (κ3) is 3.44. The number of nitriles is 1. The molecular formula is C19H20N8O. The molecule has 1 atom stereocenters. The van der Waals surface area contributed by atoms with E-state index in [0.29, 0.717) is 18.8 Å². The van der Waals surface area contributed by atoms with Gasteiger partial charge in [-0.05, 0) is 25.0 Å². The van der Waals surface area contributed by atoms with Crippen LogP contribution in [0.2, 0.25) is 0 Å². The third-order valence-corrected chi connectivity index (χ3v) is 4.89. The zero-order chi connectivity index (χ0) is 19.5. The van der Waals surface area contributed by atoms with Gasteiger partial charge in [0.05, 0.1) is 17.5 Å². The van der Waals surface area contributed by atoms with Gasteiger partial charge in [-0.3, -0.25) is 4.79 Å². The van der Waals surface area contributed by atoms with Gasteiger partial charge in [0.2, 0.25) is 11.9 Å². The highest BCUT2D eigenvalue weighted by atomic mass is 16.2. The van der Waals surface area contributed by atoms with E-state index >= 15 is 0 Å². The quantitative estimate of drug-likeness (QED) is 0.632. The molecule has 0 bridgehead atoms. The SMILES string of the molecule is N#CCC(=O)N1CCCC(Nc2c(-c3ccnc(N)n3)cnc3[nH]ccc23)C1. The van der Waals surface area contributed by atoms with Gasteiger partial charge in [0.25, 0.3) is 0 Å². The van der Waals surface area contributed by atoms with Crippen molar-refractivity contribution in [3.05, 3.63) is 30.7 Å². The fourth-order valence-electron chi connectivity index (χ4n) is 3.59. The van der Waals surface area contributed by atoms with Crippen molar-refractivity contribution >= 4 is 28.6 Å². The van der Waals surface area contributed by atoms with Crippen LogP contribution < -0.4 is 11.1 Å². The van der Waals surface area contributed by atoms with Crippen molar-refractivity contribution in [3.63, 3.8) is 0 Å². The molecule has 1 saturated heterocycles. The number of amides is 1. The van der Waals surface area contributed by atoms with Crippen LogP contribution in [-0.4, -0.2) is 49.9 Å². The van der Waals surface area contributed by atoms with Crippen LogP contribution in [0.3, 0.4) is 0 Å². The van der Waals surface area contributed by atoms with Crippen molar-refractivity contribution in [1.29, 1.82) is 5.26 Å². The van der Waals surface area contributed by atoms with Crippen molar-refractivity contribution in [2.45, 2.75) is 25.3 Å². The van der Waals surface area contributed by atoms with E-state index in [0.717, 1.165) is 35.1 Å². The molecule has 3 aromatic rings. The Kier molecular flexibility index (Phi) is 4.76. The molecule has 9 nitrogen and oxygen atoms in total. The number of fused-ring (bicyclic) bond motifs is 1. The second-order valence-electron chi connectivity index (χ2n) is 6.75. The lowest BCUT2D eigenvalue weighted by atomic mass is 10.0. The smallest absolute Gasteiger partial charge is 0.236 e. The predicted octanol–water partition coefficient (Wildman–Crippen LogP) is 1.92. The fourth-order valence-corrected chi connectivity index (χ4v) is 3.59. The average molecular weight is 376 g/mol. The predicted molar refractivity (Wildman–Crippen MR) is 105 cm³/mol. The molecule has 0 aromatic carbocycles. The maximum atomic E-state index is 12.1.